The predicted octanol–water partition coefficient (Wildman–Crippen LogP) is 5.25. The highest BCUT2D eigenvalue weighted by atomic mass is 19.1. The average molecular weight is 498 g/mol. The van der Waals surface area contributed by atoms with Gasteiger partial charge in [0.25, 0.3) is 5.91 Å². The summed E-state index contributed by atoms with van der Waals surface area (Å²) in [6, 6.07) is 17.1. The number of carbonyl (C=O) groups is 1. The maximum Gasteiger partial charge on any atom is 0.255 e. The number of nitrogens with one attached hydrogen (secondary N) is 2. The number of halogens is 1. The van der Waals surface area contributed by atoms with Crippen LogP contribution in [0.4, 0.5) is 21.7 Å². The van der Waals surface area contributed by atoms with Gasteiger partial charge < -0.3 is 15.5 Å². The molecule has 8 nitrogen and oxygen atoms in total. The van der Waals surface area contributed by atoms with Crippen molar-refractivity contribution >= 4 is 23.2 Å². The fourth-order valence-corrected chi connectivity index (χ4v) is 4.57. The van der Waals surface area contributed by atoms with Crippen molar-refractivity contribution in [1.29, 1.82) is 0 Å². The molecule has 0 spiro atoms. The Morgan fingerprint density at radius 1 is 1.08 bits per heavy atom. The molecule has 4 aromatic rings. The highest BCUT2D eigenvalue weighted by molar-refractivity contribution is 6.05. The Labute approximate surface area is 214 Å². The van der Waals surface area contributed by atoms with Crippen molar-refractivity contribution in [2.45, 2.75) is 26.8 Å². The van der Waals surface area contributed by atoms with Gasteiger partial charge in [0.05, 0.1) is 17.5 Å². The molecule has 0 aliphatic carbocycles. The van der Waals surface area contributed by atoms with Crippen molar-refractivity contribution in [2.75, 3.05) is 28.6 Å². The molecular formula is C28H28FN7O. The molecule has 2 aromatic heterocycles. The first-order valence-electron chi connectivity index (χ1n) is 12.2. The maximum absolute atomic E-state index is 13.8. The molecule has 2 aromatic carbocycles. The summed E-state index contributed by atoms with van der Waals surface area (Å²) >= 11 is 0. The van der Waals surface area contributed by atoms with E-state index in [0.717, 1.165) is 24.3 Å². The van der Waals surface area contributed by atoms with Crippen LogP contribution in [0.5, 0.6) is 0 Å². The van der Waals surface area contributed by atoms with E-state index in [9.17, 15) is 9.18 Å². The number of hydrogen-bond donors (Lipinski definition) is 2. The molecule has 1 amide bonds. The van der Waals surface area contributed by atoms with Gasteiger partial charge in [-0.15, -0.1) is 5.10 Å². The lowest BCUT2D eigenvalue weighted by molar-refractivity contribution is -0.113. The van der Waals surface area contributed by atoms with E-state index in [2.05, 4.69) is 46.5 Å². The van der Waals surface area contributed by atoms with Gasteiger partial charge >= 0.3 is 0 Å². The standard InChI is InChI=1S/C28H28FN7O/c1-4-35(5-2)23-14-10-20(11-15-23)26-33-28-31-18(3)24(27(37)32-22-7-6-16-30-17-22)25(36(28)34-26)19-8-12-21(29)13-9-19/h6-17,25H,4-5H2,1-3H3,(H,32,37)(H,31,33,34). The summed E-state index contributed by atoms with van der Waals surface area (Å²) in [7, 11) is 0. The van der Waals surface area contributed by atoms with Crippen LogP contribution in [-0.4, -0.2) is 38.7 Å². The Kier molecular flexibility index (Phi) is 6.68. The third-order valence-corrected chi connectivity index (χ3v) is 6.46. The molecule has 0 bridgehead atoms. The zero-order chi connectivity index (χ0) is 25.9. The van der Waals surface area contributed by atoms with Gasteiger partial charge in [0, 0.05) is 36.2 Å². The van der Waals surface area contributed by atoms with Crippen molar-refractivity contribution in [1.82, 2.24) is 19.7 Å². The summed E-state index contributed by atoms with van der Waals surface area (Å²) in [5.74, 6) is 0.376. The largest absolute Gasteiger partial charge is 0.372 e. The smallest absolute Gasteiger partial charge is 0.255 e. The van der Waals surface area contributed by atoms with E-state index in [1.807, 2.05) is 19.1 Å². The van der Waals surface area contributed by atoms with Crippen LogP contribution in [0.25, 0.3) is 11.4 Å². The molecule has 2 N–H and O–H groups in total. The molecule has 1 aliphatic heterocycles. The minimum Gasteiger partial charge on any atom is -0.372 e. The third-order valence-electron chi connectivity index (χ3n) is 6.46. The lowest BCUT2D eigenvalue weighted by Gasteiger charge is -2.28. The highest BCUT2D eigenvalue weighted by Crippen LogP contribution is 2.37. The highest BCUT2D eigenvalue weighted by Gasteiger charge is 2.34. The molecule has 1 unspecified atom stereocenters. The molecule has 3 heterocycles. The Balaban J connectivity index is 1.54. The van der Waals surface area contributed by atoms with Crippen LogP contribution in [0.3, 0.4) is 0 Å². The summed E-state index contributed by atoms with van der Waals surface area (Å²) in [6.07, 6.45) is 3.22. The van der Waals surface area contributed by atoms with Crippen molar-refractivity contribution in [3.8, 4) is 11.4 Å². The summed E-state index contributed by atoms with van der Waals surface area (Å²) in [5.41, 5.74) is 4.37. The van der Waals surface area contributed by atoms with E-state index in [4.69, 9.17) is 10.1 Å². The van der Waals surface area contributed by atoms with Gasteiger partial charge in [-0.25, -0.2) is 9.07 Å². The fourth-order valence-electron chi connectivity index (χ4n) is 4.57. The molecule has 188 valence electrons. The van der Waals surface area contributed by atoms with Gasteiger partial charge in [-0.2, -0.15) is 4.98 Å². The van der Waals surface area contributed by atoms with Gasteiger partial charge in [0.15, 0.2) is 5.82 Å². The van der Waals surface area contributed by atoms with Gasteiger partial charge in [-0.1, -0.05) is 12.1 Å². The third kappa shape index (κ3) is 4.80. The first-order valence-corrected chi connectivity index (χ1v) is 12.2. The summed E-state index contributed by atoms with van der Waals surface area (Å²) in [5, 5.41) is 10.9. The molecule has 0 saturated carbocycles. The quantitative estimate of drug-likeness (QED) is 0.363. The SMILES string of the molecule is CCN(CC)c1ccc(-c2nc3n(n2)C(c2ccc(F)cc2)C(C(=O)Nc2cccnc2)=C(C)N3)cc1. The predicted molar refractivity (Wildman–Crippen MR) is 143 cm³/mol. The van der Waals surface area contributed by atoms with Gasteiger partial charge in [0.1, 0.15) is 11.9 Å². The monoisotopic (exact) mass is 497 g/mol. The molecule has 5 rings (SSSR count). The summed E-state index contributed by atoms with van der Waals surface area (Å²) in [6.45, 7) is 7.92. The van der Waals surface area contributed by atoms with E-state index in [0.29, 0.717) is 34.3 Å². The van der Waals surface area contributed by atoms with Crippen LogP contribution >= 0.6 is 0 Å². The average Bonchev–Trinajstić information content (AvgIpc) is 3.33. The van der Waals surface area contributed by atoms with Crippen LogP contribution in [-0.2, 0) is 4.79 Å². The summed E-state index contributed by atoms with van der Waals surface area (Å²) in [4.78, 5) is 24.6. The number of amides is 1. The first-order chi connectivity index (χ1) is 18.0. The molecular weight excluding hydrogens is 469 g/mol. The second-order valence-corrected chi connectivity index (χ2v) is 8.74. The number of nitrogens with zero attached hydrogens (tertiary/aromatic N) is 5. The van der Waals surface area contributed by atoms with E-state index in [1.165, 1.54) is 12.1 Å². The summed E-state index contributed by atoms with van der Waals surface area (Å²) < 4.78 is 15.5. The van der Waals surface area contributed by atoms with Crippen molar-refractivity contribution < 1.29 is 9.18 Å². The number of carbonyl (C=O) groups excluding carboxylic acids is 1. The van der Waals surface area contributed by atoms with Crippen LogP contribution in [0.1, 0.15) is 32.4 Å². The van der Waals surface area contributed by atoms with Crippen LogP contribution in [0.15, 0.2) is 84.3 Å². The molecule has 0 fully saturated rings. The van der Waals surface area contributed by atoms with Crippen molar-refractivity contribution in [3.63, 3.8) is 0 Å². The number of benzene rings is 2. The Morgan fingerprint density at radius 3 is 2.46 bits per heavy atom. The minimum atomic E-state index is -0.607. The van der Waals surface area contributed by atoms with E-state index < -0.39 is 6.04 Å². The van der Waals surface area contributed by atoms with Gasteiger partial charge in [-0.05, 0) is 74.9 Å². The number of hydrogen-bond acceptors (Lipinski definition) is 6. The first kappa shape index (κ1) is 24.2. The molecule has 0 radical (unpaired) electrons. The second-order valence-electron chi connectivity index (χ2n) is 8.74. The van der Waals surface area contributed by atoms with E-state index in [1.54, 1.807) is 41.3 Å². The lowest BCUT2D eigenvalue weighted by atomic mass is 9.95. The topological polar surface area (TPSA) is 88.0 Å². The fraction of sp³-hybridized carbons (Fsp3) is 0.214. The molecule has 1 aliphatic rings. The van der Waals surface area contributed by atoms with E-state index >= 15 is 0 Å². The number of anilines is 3. The Morgan fingerprint density at radius 2 is 1.81 bits per heavy atom. The zero-order valence-corrected chi connectivity index (χ0v) is 20.9. The molecule has 37 heavy (non-hydrogen) atoms. The number of rotatable bonds is 7. The lowest BCUT2D eigenvalue weighted by Crippen LogP contribution is -2.31. The van der Waals surface area contributed by atoms with Gasteiger partial charge in [-0.3, -0.25) is 9.78 Å². The number of fused-ring (bicyclic) bond motifs is 1. The molecule has 9 heteroatoms. The number of aromatic nitrogens is 4. The molecule has 1 atom stereocenters. The zero-order valence-electron chi connectivity index (χ0n) is 20.9. The van der Waals surface area contributed by atoms with Crippen LogP contribution in [0, 0.1) is 5.82 Å². The Hall–Kier alpha value is -4.53. The number of pyridine rings is 1. The molecule has 0 saturated heterocycles. The van der Waals surface area contributed by atoms with E-state index in [-0.39, 0.29) is 11.7 Å². The van der Waals surface area contributed by atoms with Crippen molar-refractivity contribution in [3.05, 3.63) is 95.7 Å². The van der Waals surface area contributed by atoms with Crippen molar-refractivity contribution in [2.24, 2.45) is 0 Å². The maximum atomic E-state index is 13.8. The second kappa shape index (κ2) is 10.2. The normalized spacial score (nSPS) is 14.6. The van der Waals surface area contributed by atoms with Crippen LogP contribution in [0.2, 0.25) is 0 Å². The minimum absolute atomic E-state index is 0.307. The number of allylic oxidation sites excluding steroid dienone is 1. The van der Waals surface area contributed by atoms with Crippen LogP contribution < -0.4 is 15.5 Å². The van der Waals surface area contributed by atoms with Gasteiger partial charge in [0.2, 0.25) is 5.95 Å². The Bertz CT molecular complexity index is 1430.